The van der Waals surface area contributed by atoms with Gasteiger partial charge in [-0.2, -0.15) is 4.98 Å². The molecule has 0 fully saturated rings. The third-order valence-electron chi connectivity index (χ3n) is 6.09. The minimum atomic E-state index is -0.633. The molecule has 174 valence electrons. The fourth-order valence-corrected chi connectivity index (χ4v) is 4.12. The maximum atomic E-state index is 14.7. The maximum absolute atomic E-state index is 14.7. The molecule has 9 heteroatoms. The fourth-order valence-electron chi connectivity index (χ4n) is 4.12. The Labute approximate surface area is 201 Å². The summed E-state index contributed by atoms with van der Waals surface area (Å²) in [6.07, 6.45) is 1.49. The summed E-state index contributed by atoms with van der Waals surface area (Å²) >= 11 is 0. The number of hydrogen-bond acceptors (Lipinski definition) is 5. The van der Waals surface area contributed by atoms with E-state index in [0.717, 1.165) is 16.8 Å². The van der Waals surface area contributed by atoms with Crippen molar-refractivity contribution in [3.8, 4) is 11.1 Å². The Bertz CT molecular complexity index is 1610. The predicted molar refractivity (Wildman–Crippen MR) is 136 cm³/mol. The minimum absolute atomic E-state index is 0.0847. The molecule has 0 N–H and O–H groups in total. The lowest BCUT2D eigenvalue weighted by Crippen LogP contribution is -2.13. The first-order valence-corrected chi connectivity index (χ1v) is 11.1. The molecule has 5 aromatic rings. The van der Waals surface area contributed by atoms with Gasteiger partial charge in [0.1, 0.15) is 18.0 Å². The van der Waals surface area contributed by atoms with Crippen LogP contribution >= 0.6 is 0 Å². The van der Waals surface area contributed by atoms with Gasteiger partial charge >= 0.3 is 0 Å². The van der Waals surface area contributed by atoms with Gasteiger partial charge in [0.15, 0.2) is 0 Å². The zero-order valence-corrected chi connectivity index (χ0v) is 19.8. The molecule has 0 bridgehead atoms. The molecule has 0 atom stereocenters. The van der Waals surface area contributed by atoms with Crippen LogP contribution in [0.5, 0.6) is 0 Å². The zero-order valence-electron chi connectivity index (χ0n) is 19.8. The molecule has 35 heavy (non-hydrogen) atoms. The molecule has 0 radical (unpaired) electrons. The van der Waals surface area contributed by atoms with Gasteiger partial charge in [0, 0.05) is 23.0 Å². The summed E-state index contributed by atoms with van der Waals surface area (Å²) in [4.78, 5) is 9.25. The van der Waals surface area contributed by atoms with Crippen molar-refractivity contribution in [1.29, 1.82) is 0 Å². The van der Waals surface area contributed by atoms with Crippen molar-refractivity contribution in [1.82, 2.24) is 19.6 Å². The van der Waals surface area contributed by atoms with E-state index in [1.807, 2.05) is 24.1 Å². The van der Waals surface area contributed by atoms with Gasteiger partial charge in [-0.1, -0.05) is 62.3 Å². The first kappa shape index (κ1) is 22.3. The van der Waals surface area contributed by atoms with Crippen LogP contribution in [0.1, 0.15) is 26.3 Å². The summed E-state index contributed by atoms with van der Waals surface area (Å²) in [5, 5.41) is 12.0. The van der Waals surface area contributed by atoms with Gasteiger partial charge in [-0.3, -0.25) is 4.40 Å². The van der Waals surface area contributed by atoms with E-state index < -0.39 is 5.82 Å². The summed E-state index contributed by atoms with van der Waals surface area (Å²) in [5.74, 6) is 0.228. The van der Waals surface area contributed by atoms with E-state index in [-0.39, 0.29) is 11.1 Å². The monoisotopic (exact) mass is 466 g/mol. The molecular formula is C26H23FN8. The average molecular weight is 467 g/mol. The van der Waals surface area contributed by atoms with E-state index >= 15 is 0 Å². The number of benzene rings is 3. The number of hydrogen-bond donors (Lipinski definition) is 0. The number of halogens is 1. The molecular weight excluding hydrogens is 443 g/mol. The largest absolute Gasteiger partial charge is 0.329 e. The Morgan fingerprint density at radius 2 is 1.80 bits per heavy atom. The normalized spacial score (nSPS) is 11.6. The molecule has 2 heterocycles. The van der Waals surface area contributed by atoms with Gasteiger partial charge in [0.05, 0.1) is 11.2 Å². The maximum Gasteiger partial charge on any atom is 0.257 e. The second kappa shape index (κ2) is 8.38. The van der Waals surface area contributed by atoms with Crippen molar-refractivity contribution >= 4 is 33.9 Å². The number of aromatic nitrogens is 4. The van der Waals surface area contributed by atoms with Gasteiger partial charge in [0.25, 0.3) is 5.78 Å². The van der Waals surface area contributed by atoms with Crippen LogP contribution in [0.25, 0.3) is 38.3 Å². The lowest BCUT2D eigenvalue weighted by molar-refractivity contribution is 0.590. The first-order chi connectivity index (χ1) is 16.8. The van der Waals surface area contributed by atoms with E-state index in [4.69, 9.17) is 5.53 Å². The SMILES string of the molecule is CN(c1cccc(-c2ccc(C(C)(C)C)cc2)c1)c1nc2nncn2c2cc(N=[N+]=[N-])c(F)cc12. The number of anilines is 2. The topological polar surface area (TPSA) is 95.1 Å². The number of rotatable bonds is 4. The summed E-state index contributed by atoms with van der Waals surface area (Å²) < 4.78 is 16.4. The molecule has 0 spiro atoms. The van der Waals surface area contributed by atoms with Crippen molar-refractivity contribution < 1.29 is 4.39 Å². The summed E-state index contributed by atoms with van der Waals surface area (Å²) in [6.45, 7) is 6.58. The molecule has 2 aromatic heterocycles. The van der Waals surface area contributed by atoms with Crippen LogP contribution in [0.4, 0.5) is 21.6 Å². The zero-order chi connectivity index (χ0) is 24.7. The molecule has 8 nitrogen and oxygen atoms in total. The van der Waals surface area contributed by atoms with Gasteiger partial charge in [-0.15, -0.1) is 10.2 Å². The highest BCUT2D eigenvalue weighted by Crippen LogP contribution is 2.35. The third kappa shape index (κ3) is 4.02. The quantitative estimate of drug-likeness (QED) is 0.160. The van der Waals surface area contributed by atoms with Crippen molar-refractivity contribution in [2.75, 3.05) is 11.9 Å². The Morgan fingerprint density at radius 3 is 2.51 bits per heavy atom. The molecule has 0 saturated carbocycles. The highest BCUT2D eigenvalue weighted by molar-refractivity contribution is 5.95. The molecule has 5 rings (SSSR count). The molecule has 0 amide bonds. The Balaban J connectivity index is 1.62. The number of azide groups is 1. The molecule has 0 unspecified atom stereocenters. The van der Waals surface area contributed by atoms with E-state index in [1.165, 1.54) is 24.0 Å². The van der Waals surface area contributed by atoms with Crippen molar-refractivity contribution in [3.63, 3.8) is 0 Å². The summed E-state index contributed by atoms with van der Waals surface area (Å²) in [6, 6.07) is 19.5. The van der Waals surface area contributed by atoms with E-state index in [1.54, 1.807) is 4.40 Å². The molecule has 3 aromatic carbocycles. The number of nitrogens with zero attached hydrogens (tertiary/aromatic N) is 8. The lowest BCUT2D eigenvalue weighted by atomic mass is 9.86. The van der Waals surface area contributed by atoms with Crippen LogP contribution < -0.4 is 4.90 Å². The molecule has 0 aliphatic rings. The number of fused-ring (bicyclic) bond motifs is 3. The summed E-state index contributed by atoms with van der Waals surface area (Å²) in [5.41, 5.74) is 13.7. The highest BCUT2D eigenvalue weighted by atomic mass is 19.1. The first-order valence-electron chi connectivity index (χ1n) is 11.1. The van der Waals surface area contributed by atoms with Crippen molar-refractivity contribution in [2.24, 2.45) is 5.11 Å². The second-order valence-corrected chi connectivity index (χ2v) is 9.38. The fraction of sp³-hybridized carbons (Fsp3) is 0.192. The van der Waals surface area contributed by atoms with Crippen molar-refractivity contribution in [2.45, 2.75) is 26.2 Å². The standard InChI is InChI=1S/C26H23FN8/c1-26(2,3)18-10-8-16(9-11-18)17-6-5-7-19(12-17)34(4)24-20-13-21(27)22(31-33-28)14-23(20)35-15-29-32-25(35)30-24/h5-15H,1-4H3. The smallest absolute Gasteiger partial charge is 0.257 e. The molecule has 0 aliphatic heterocycles. The van der Waals surface area contributed by atoms with Crippen LogP contribution in [-0.2, 0) is 5.41 Å². The predicted octanol–water partition coefficient (Wildman–Crippen LogP) is 7.09. The van der Waals surface area contributed by atoms with E-state index in [9.17, 15) is 4.39 Å². The lowest BCUT2D eigenvalue weighted by Gasteiger charge is -2.22. The molecule has 0 saturated heterocycles. The van der Waals surface area contributed by atoms with Gasteiger partial charge in [0.2, 0.25) is 0 Å². The molecule has 0 aliphatic carbocycles. The van der Waals surface area contributed by atoms with Crippen LogP contribution in [-0.4, -0.2) is 26.6 Å². The highest BCUT2D eigenvalue weighted by Gasteiger charge is 2.18. The Hall–Kier alpha value is -4.49. The van der Waals surface area contributed by atoms with Gasteiger partial charge < -0.3 is 4.90 Å². The minimum Gasteiger partial charge on any atom is -0.329 e. The summed E-state index contributed by atoms with van der Waals surface area (Å²) in [7, 11) is 1.87. The van der Waals surface area contributed by atoms with Gasteiger partial charge in [-0.25, -0.2) is 4.39 Å². The van der Waals surface area contributed by atoms with Crippen LogP contribution in [0, 0.1) is 5.82 Å². The van der Waals surface area contributed by atoms with Crippen LogP contribution in [0.2, 0.25) is 0 Å². The Kier molecular flexibility index (Phi) is 5.34. The van der Waals surface area contributed by atoms with Crippen LogP contribution in [0.15, 0.2) is 72.1 Å². The van der Waals surface area contributed by atoms with Gasteiger partial charge in [-0.05, 0) is 51.9 Å². The van der Waals surface area contributed by atoms with E-state index in [0.29, 0.717) is 22.5 Å². The second-order valence-electron chi connectivity index (χ2n) is 9.38. The average Bonchev–Trinajstić information content (AvgIpc) is 3.32. The van der Waals surface area contributed by atoms with E-state index in [2.05, 4.69) is 82.4 Å². The third-order valence-corrected chi connectivity index (χ3v) is 6.09. The van der Waals surface area contributed by atoms with Crippen LogP contribution in [0.3, 0.4) is 0 Å². The Morgan fingerprint density at radius 1 is 1.03 bits per heavy atom. The van der Waals surface area contributed by atoms with Crippen molar-refractivity contribution in [3.05, 3.63) is 88.8 Å².